The van der Waals surface area contributed by atoms with Gasteiger partial charge in [0.1, 0.15) is 11.6 Å². The van der Waals surface area contributed by atoms with Crippen LogP contribution < -0.4 is 0 Å². The minimum atomic E-state index is -0.603. The van der Waals surface area contributed by atoms with Gasteiger partial charge in [-0.3, -0.25) is 0 Å². The second kappa shape index (κ2) is 3.85. The minimum absolute atomic E-state index is 0.00638. The molecule has 0 N–H and O–H groups in total. The predicted molar refractivity (Wildman–Crippen MR) is 61.8 cm³/mol. The first kappa shape index (κ1) is 11.6. The quantitative estimate of drug-likeness (QED) is 0.756. The Morgan fingerprint density at radius 2 is 2.12 bits per heavy atom. The van der Waals surface area contributed by atoms with Gasteiger partial charge in [-0.1, -0.05) is 20.8 Å². The number of nitriles is 1. The molecule has 0 unspecified atom stereocenters. The molecule has 1 aromatic carbocycles. The number of aromatic nitrogens is 1. The number of benzene rings is 1. The van der Waals surface area contributed by atoms with Crippen LogP contribution in [0.25, 0.3) is 11.1 Å². The first-order chi connectivity index (χ1) is 7.90. The van der Waals surface area contributed by atoms with E-state index in [1.54, 1.807) is 12.1 Å². The van der Waals surface area contributed by atoms with Crippen LogP contribution in [-0.2, 0) is 6.42 Å². The van der Waals surface area contributed by atoms with E-state index < -0.39 is 5.82 Å². The zero-order valence-electron chi connectivity index (χ0n) is 10.0. The summed E-state index contributed by atoms with van der Waals surface area (Å²) in [4.78, 5) is 4.11. The van der Waals surface area contributed by atoms with Gasteiger partial charge in [0.15, 0.2) is 17.3 Å². The highest BCUT2D eigenvalue weighted by molar-refractivity contribution is 5.75. The summed E-state index contributed by atoms with van der Waals surface area (Å²) in [5.74, 6) is -0.101. The summed E-state index contributed by atoms with van der Waals surface area (Å²) in [6.07, 6.45) is 0.628. The molecule has 0 saturated carbocycles. The molecule has 0 spiro atoms. The maximum atomic E-state index is 13.8. The number of oxazole rings is 1. The van der Waals surface area contributed by atoms with E-state index in [2.05, 4.69) is 25.8 Å². The topological polar surface area (TPSA) is 49.8 Å². The van der Waals surface area contributed by atoms with E-state index in [4.69, 9.17) is 9.68 Å². The van der Waals surface area contributed by atoms with Crippen LogP contribution in [0.5, 0.6) is 0 Å². The third-order valence-electron chi connectivity index (χ3n) is 2.35. The summed E-state index contributed by atoms with van der Waals surface area (Å²) >= 11 is 0. The van der Waals surface area contributed by atoms with Crippen molar-refractivity contribution < 1.29 is 8.81 Å². The van der Waals surface area contributed by atoms with Gasteiger partial charge in [-0.15, -0.1) is 0 Å². The van der Waals surface area contributed by atoms with Crippen molar-refractivity contribution in [1.82, 2.24) is 4.98 Å². The number of rotatable bonds is 1. The van der Waals surface area contributed by atoms with Crippen LogP contribution in [0.1, 0.15) is 32.2 Å². The fraction of sp³-hybridized carbons (Fsp3) is 0.385. The normalized spacial score (nSPS) is 11.7. The van der Waals surface area contributed by atoms with Crippen molar-refractivity contribution in [2.75, 3.05) is 0 Å². The smallest absolute Gasteiger partial charge is 0.196 e. The number of fused-ring (bicyclic) bond motifs is 1. The predicted octanol–water partition coefficient (Wildman–Crippen LogP) is 3.43. The van der Waals surface area contributed by atoms with Gasteiger partial charge in [0, 0.05) is 6.42 Å². The molecule has 0 aliphatic heterocycles. The molecule has 1 heterocycles. The Labute approximate surface area is 98.9 Å². The van der Waals surface area contributed by atoms with Crippen molar-refractivity contribution in [2.24, 2.45) is 5.41 Å². The Kier molecular flexibility index (Phi) is 2.62. The molecule has 88 valence electrons. The number of halogens is 1. The summed E-state index contributed by atoms with van der Waals surface area (Å²) in [5.41, 5.74) is 0.548. The first-order valence-corrected chi connectivity index (χ1v) is 5.39. The van der Waals surface area contributed by atoms with Gasteiger partial charge in [-0.2, -0.15) is 5.26 Å². The molecule has 17 heavy (non-hydrogen) atoms. The van der Waals surface area contributed by atoms with Crippen LogP contribution in [0.4, 0.5) is 4.39 Å². The molecule has 0 amide bonds. The highest BCUT2D eigenvalue weighted by atomic mass is 19.1. The van der Waals surface area contributed by atoms with Crippen LogP contribution in [-0.4, -0.2) is 4.98 Å². The van der Waals surface area contributed by atoms with E-state index in [0.29, 0.717) is 17.9 Å². The van der Waals surface area contributed by atoms with Gasteiger partial charge in [-0.25, -0.2) is 9.37 Å². The van der Waals surface area contributed by atoms with Gasteiger partial charge in [-0.05, 0) is 17.5 Å². The SMILES string of the molecule is CC(C)(C)Cc1nc2c(F)c(C#N)ccc2o1. The largest absolute Gasteiger partial charge is 0.441 e. The number of hydrogen-bond acceptors (Lipinski definition) is 3. The molecular weight excluding hydrogens is 219 g/mol. The molecular formula is C13H13FN2O. The standard InChI is InChI=1S/C13H13FN2O/c1-13(2,3)6-10-16-12-9(17-10)5-4-8(7-15)11(12)14/h4-5H,6H2,1-3H3. The van der Waals surface area contributed by atoms with E-state index >= 15 is 0 Å². The summed E-state index contributed by atoms with van der Waals surface area (Å²) in [5, 5.41) is 8.72. The minimum Gasteiger partial charge on any atom is -0.441 e. The van der Waals surface area contributed by atoms with E-state index in [0.717, 1.165) is 0 Å². The van der Waals surface area contributed by atoms with Crippen molar-refractivity contribution in [1.29, 1.82) is 5.26 Å². The van der Waals surface area contributed by atoms with E-state index in [9.17, 15) is 4.39 Å². The third-order valence-corrected chi connectivity index (χ3v) is 2.35. The van der Waals surface area contributed by atoms with E-state index in [1.807, 2.05) is 0 Å². The Balaban J connectivity index is 2.52. The molecule has 0 saturated heterocycles. The Bertz CT molecular complexity index is 602. The Morgan fingerprint density at radius 1 is 1.41 bits per heavy atom. The van der Waals surface area contributed by atoms with Crippen molar-refractivity contribution in [2.45, 2.75) is 27.2 Å². The monoisotopic (exact) mass is 232 g/mol. The second-order valence-corrected chi connectivity index (χ2v) is 5.23. The van der Waals surface area contributed by atoms with Crippen LogP contribution in [0.2, 0.25) is 0 Å². The molecule has 4 heteroatoms. The van der Waals surface area contributed by atoms with Crippen LogP contribution in [0.3, 0.4) is 0 Å². The highest BCUT2D eigenvalue weighted by Gasteiger charge is 2.18. The number of hydrogen-bond donors (Lipinski definition) is 0. The molecule has 0 aliphatic rings. The summed E-state index contributed by atoms with van der Waals surface area (Å²) < 4.78 is 19.2. The lowest BCUT2D eigenvalue weighted by Crippen LogP contribution is -2.09. The lowest BCUT2D eigenvalue weighted by molar-refractivity contribution is 0.362. The fourth-order valence-corrected chi connectivity index (χ4v) is 1.62. The zero-order chi connectivity index (χ0) is 12.6. The second-order valence-electron chi connectivity index (χ2n) is 5.23. The average Bonchev–Trinajstić information content (AvgIpc) is 2.59. The van der Waals surface area contributed by atoms with Crippen LogP contribution in [0.15, 0.2) is 16.5 Å². The average molecular weight is 232 g/mol. The number of nitrogens with zero attached hydrogens (tertiary/aromatic N) is 2. The zero-order valence-corrected chi connectivity index (χ0v) is 10.0. The maximum absolute atomic E-state index is 13.8. The van der Waals surface area contributed by atoms with Gasteiger partial charge in [0.2, 0.25) is 0 Å². The summed E-state index contributed by atoms with van der Waals surface area (Å²) in [7, 11) is 0. The highest BCUT2D eigenvalue weighted by Crippen LogP contribution is 2.25. The molecule has 0 bridgehead atoms. The molecule has 2 rings (SSSR count). The first-order valence-electron chi connectivity index (χ1n) is 5.39. The van der Waals surface area contributed by atoms with Gasteiger partial charge >= 0.3 is 0 Å². The lowest BCUT2D eigenvalue weighted by Gasteiger charge is -2.14. The van der Waals surface area contributed by atoms with Crippen molar-refractivity contribution in [3.05, 3.63) is 29.4 Å². The van der Waals surface area contributed by atoms with Gasteiger partial charge < -0.3 is 4.42 Å². The van der Waals surface area contributed by atoms with Crippen molar-refractivity contribution >= 4 is 11.1 Å². The molecule has 1 aromatic heterocycles. The fourth-order valence-electron chi connectivity index (χ4n) is 1.62. The van der Waals surface area contributed by atoms with Gasteiger partial charge in [0.05, 0.1) is 5.56 Å². The van der Waals surface area contributed by atoms with E-state index in [-0.39, 0.29) is 16.5 Å². The molecule has 0 atom stereocenters. The van der Waals surface area contributed by atoms with Crippen molar-refractivity contribution in [3.8, 4) is 6.07 Å². The lowest BCUT2D eigenvalue weighted by atomic mass is 9.92. The summed E-state index contributed by atoms with van der Waals surface area (Å²) in [6, 6.07) is 4.77. The summed E-state index contributed by atoms with van der Waals surface area (Å²) in [6.45, 7) is 6.16. The van der Waals surface area contributed by atoms with Crippen molar-refractivity contribution in [3.63, 3.8) is 0 Å². The van der Waals surface area contributed by atoms with E-state index in [1.165, 1.54) is 6.07 Å². The van der Waals surface area contributed by atoms with Crippen LogP contribution in [0, 0.1) is 22.6 Å². The molecule has 3 nitrogen and oxygen atoms in total. The molecule has 0 fully saturated rings. The maximum Gasteiger partial charge on any atom is 0.196 e. The Hall–Kier alpha value is -1.89. The molecule has 0 aliphatic carbocycles. The molecule has 2 aromatic rings. The van der Waals surface area contributed by atoms with Crippen LogP contribution >= 0.6 is 0 Å². The Morgan fingerprint density at radius 3 is 2.71 bits per heavy atom. The van der Waals surface area contributed by atoms with Gasteiger partial charge in [0.25, 0.3) is 0 Å². The third kappa shape index (κ3) is 2.28. The molecule has 0 radical (unpaired) electrons.